The molecule has 3 rings (SSSR count). The lowest BCUT2D eigenvalue weighted by atomic mass is 10.0. The van der Waals surface area contributed by atoms with E-state index in [0.29, 0.717) is 11.8 Å². The van der Waals surface area contributed by atoms with Gasteiger partial charge in [-0.25, -0.2) is 0 Å². The summed E-state index contributed by atoms with van der Waals surface area (Å²) >= 11 is 0. The Morgan fingerprint density at radius 1 is 1.32 bits per heavy atom. The number of carboxylic acid groups (broad SMARTS) is 1. The second kappa shape index (κ2) is 7.65. The van der Waals surface area contributed by atoms with Crippen LogP contribution in [0.2, 0.25) is 0 Å². The molecule has 0 radical (unpaired) electrons. The number of hydrogen-bond acceptors (Lipinski definition) is 6. The Labute approximate surface area is 147 Å². The van der Waals surface area contributed by atoms with Gasteiger partial charge in [0.2, 0.25) is 5.82 Å². The van der Waals surface area contributed by atoms with Gasteiger partial charge in [0.1, 0.15) is 0 Å². The number of aliphatic carboxylic acids is 1. The summed E-state index contributed by atoms with van der Waals surface area (Å²) in [5, 5.41) is 13.1. The third kappa shape index (κ3) is 4.17. The van der Waals surface area contributed by atoms with E-state index in [4.69, 9.17) is 9.63 Å². The molecule has 1 N–H and O–H groups in total. The van der Waals surface area contributed by atoms with Crippen molar-refractivity contribution < 1.29 is 14.4 Å². The quantitative estimate of drug-likeness (QED) is 0.861. The van der Waals surface area contributed by atoms with E-state index in [9.17, 15) is 4.79 Å². The Morgan fingerprint density at radius 3 is 2.60 bits per heavy atom. The standard InChI is InChI=1S/C18H24N4O3/c1-3-21(12-16(23)24)15-8-10-22(11-9-15)18-19-17(20-25-18)14-6-4-13(2)5-7-14/h4-7,15H,3,8-12H2,1-2H3,(H,23,24). The van der Waals surface area contributed by atoms with Crippen molar-refractivity contribution in [2.24, 2.45) is 0 Å². The highest BCUT2D eigenvalue weighted by Crippen LogP contribution is 2.24. The van der Waals surface area contributed by atoms with Crippen LogP contribution in [0.1, 0.15) is 25.3 Å². The monoisotopic (exact) mass is 344 g/mol. The van der Waals surface area contributed by atoms with Crippen molar-refractivity contribution in [2.75, 3.05) is 31.1 Å². The molecule has 7 heteroatoms. The average Bonchev–Trinajstić information content (AvgIpc) is 3.10. The molecule has 1 aliphatic rings. The first-order chi connectivity index (χ1) is 12.1. The van der Waals surface area contributed by atoms with Gasteiger partial charge in [0.15, 0.2) is 0 Å². The van der Waals surface area contributed by atoms with E-state index < -0.39 is 5.97 Å². The number of hydrogen-bond donors (Lipinski definition) is 1. The van der Waals surface area contributed by atoms with Gasteiger partial charge in [-0.05, 0) is 26.3 Å². The molecule has 0 bridgehead atoms. The van der Waals surface area contributed by atoms with Crippen LogP contribution >= 0.6 is 0 Å². The van der Waals surface area contributed by atoms with Crippen LogP contribution in [0.25, 0.3) is 11.4 Å². The zero-order chi connectivity index (χ0) is 17.8. The predicted octanol–water partition coefficient (Wildman–Crippen LogP) is 2.42. The molecule has 0 saturated carbocycles. The van der Waals surface area contributed by atoms with Crippen molar-refractivity contribution in [3.63, 3.8) is 0 Å². The van der Waals surface area contributed by atoms with Gasteiger partial charge in [-0.15, -0.1) is 0 Å². The maximum Gasteiger partial charge on any atom is 0.324 e. The molecule has 1 fully saturated rings. The van der Waals surface area contributed by atoms with E-state index in [1.807, 2.05) is 43.0 Å². The number of piperidine rings is 1. The van der Waals surface area contributed by atoms with Crippen LogP contribution in [-0.4, -0.2) is 58.3 Å². The Balaban J connectivity index is 1.61. The predicted molar refractivity (Wildman–Crippen MR) is 94.6 cm³/mol. The third-order valence-electron chi connectivity index (χ3n) is 4.72. The van der Waals surface area contributed by atoms with E-state index >= 15 is 0 Å². The molecule has 7 nitrogen and oxygen atoms in total. The average molecular weight is 344 g/mol. The molecular weight excluding hydrogens is 320 g/mol. The Bertz CT molecular complexity index is 705. The highest BCUT2D eigenvalue weighted by atomic mass is 16.5. The van der Waals surface area contributed by atoms with Gasteiger partial charge in [0, 0.05) is 24.7 Å². The molecule has 0 unspecified atom stereocenters. The first-order valence-corrected chi connectivity index (χ1v) is 8.68. The fraction of sp³-hybridized carbons (Fsp3) is 0.500. The van der Waals surface area contributed by atoms with Crippen molar-refractivity contribution in [3.8, 4) is 11.4 Å². The summed E-state index contributed by atoms with van der Waals surface area (Å²) in [6, 6.07) is 8.85. The van der Waals surface area contributed by atoms with Gasteiger partial charge in [0.05, 0.1) is 6.54 Å². The molecule has 2 heterocycles. The van der Waals surface area contributed by atoms with Crippen molar-refractivity contribution >= 4 is 12.0 Å². The number of nitrogens with zero attached hydrogens (tertiary/aromatic N) is 4. The Kier molecular flexibility index (Phi) is 5.33. The summed E-state index contributed by atoms with van der Waals surface area (Å²) in [7, 11) is 0. The van der Waals surface area contributed by atoms with E-state index in [-0.39, 0.29) is 12.6 Å². The smallest absolute Gasteiger partial charge is 0.324 e. The minimum Gasteiger partial charge on any atom is -0.480 e. The summed E-state index contributed by atoms with van der Waals surface area (Å²) in [4.78, 5) is 19.6. The van der Waals surface area contributed by atoms with Gasteiger partial charge in [0.25, 0.3) is 0 Å². The van der Waals surface area contributed by atoms with Gasteiger partial charge in [-0.3, -0.25) is 9.69 Å². The molecule has 2 aromatic rings. The van der Waals surface area contributed by atoms with Crippen LogP contribution in [0.15, 0.2) is 28.8 Å². The normalized spacial score (nSPS) is 15.7. The topological polar surface area (TPSA) is 82.7 Å². The van der Waals surface area contributed by atoms with Crippen molar-refractivity contribution in [1.82, 2.24) is 15.0 Å². The lowest BCUT2D eigenvalue weighted by Crippen LogP contribution is -2.46. The lowest BCUT2D eigenvalue weighted by Gasteiger charge is -2.36. The van der Waals surface area contributed by atoms with Crippen LogP contribution in [0.3, 0.4) is 0 Å². The second-order valence-electron chi connectivity index (χ2n) is 6.44. The minimum absolute atomic E-state index is 0.0965. The van der Waals surface area contributed by atoms with E-state index in [1.54, 1.807) is 0 Å². The number of carbonyl (C=O) groups is 1. The largest absolute Gasteiger partial charge is 0.480 e. The van der Waals surface area contributed by atoms with Crippen molar-refractivity contribution in [1.29, 1.82) is 0 Å². The zero-order valence-electron chi connectivity index (χ0n) is 14.7. The number of carboxylic acids is 1. The summed E-state index contributed by atoms with van der Waals surface area (Å²) in [5.74, 6) is -0.179. The van der Waals surface area contributed by atoms with Crippen LogP contribution in [0.4, 0.5) is 6.01 Å². The van der Waals surface area contributed by atoms with Crippen molar-refractivity contribution in [3.05, 3.63) is 29.8 Å². The van der Waals surface area contributed by atoms with Crippen molar-refractivity contribution in [2.45, 2.75) is 32.7 Å². The van der Waals surface area contributed by atoms with Crippen LogP contribution < -0.4 is 4.90 Å². The number of aromatic nitrogens is 2. The first-order valence-electron chi connectivity index (χ1n) is 8.68. The maximum absolute atomic E-state index is 11.0. The Morgan fingerprint density at radius 2 is 2.00 bits per heavy atom. The van der Waals surface area contributed by atoms with E-state index in [1.165, 1.54) is 5.56 Å². The molecule has 25 heavy (non-hydrogen) atoms. The number of likely N-dealkylation sites (N-methyl/N-ethyl adjacent to an activating group) is 1. The Hall–Kier alpha value is -2.41. The molecular formula is C18H24N4O3. The molecule has 0 aliphatic carbocycles. The minimum atomic E-state index is -0.774. The molecule has 1 aromatic heterocycles. The number of benzene rings is 1. The highest BCUT2D eigenvalue weighted by Gasteiger charge is 2.27. The summed E-state index contributed by atoms with van der Waals surface area (Å²) in [6.07, 6.45) is 1.78. The fourth-order valence-corrected chi connectivity index (χ4v) is 3.26. The van der Waals surface area contributed by atoms with Gasteiger partial charge in [-0.2, -0.15) is 4.98 Å². The summed E-state index contributed by atoms with van der Waals surface area (Å²) in [5.41, 5.74) is 2.13. The highest BCUT2D eigenvalue weighted by molar-refractivity contribution is 5.69. The molecule has 1 saturated heterocycles. The van der Waals surface area contributed by atoms with E-state index in [0.717, 1.165) is 38.0 Å². The van der Waals surface area contributed by atoms with Crippen LogP contribution in [0.5, 0.6) is 0 Å². The molecule has 0 spiro atoms. The number of aryl methyl sites for hydroxylation is 1. The van der Waals surface area contributed by atoms with Crippen LogP contribution in [0, 0.1) is 6.92 Å². The zero-order valence-corrected chi connectivity index (χ0v) is 14.7. The van der Waals surface area contributed by atoms with Crippen LogP contribution in [-0.2, 0) is 4.79 Å². The lowest BCUT2D eigenvalue weighted by molar-refractivity contribution is -0.139. The van der Waals surface area contributed by atoms with Gasteiger partial charge >= 0.3 is 12.0 Å². The third-order valence-corrected chi connectivity index (χ3v) is 4.72. The molecule has 0 amide bonds. The van der Waals surface area contributed by atoms with Gasteiger partial charge in [-0.1, -0.05) is 41.9 Å². The number of rotatable bonds is 6. The molecule has 1 aromatic carbocycles. The summed E-state index contributed by atoms with van der Waals surface area (Å²) < 4.78 is 5.43. The first kappa shape index (κ1) is 17.4. The molecule has 1 aliphatic heterocycles. The second-order valence-corrected chi connectivity index (χ2v) is 6.44. The SMILES string of the molecule is CCN(CC(=O)O)C1CCN(c2nc(-c3ccc(C)cc3)no2)CC1. The number of anilines is 1. The summed E-state index contributed by atoms with van der Waals surface area (Å²) in [6.45, 7) is 6.46. The fourth-order valence-electron chi connectivity index (χ4n) is 3.26. The van der Waals surface area contributed by atoms with Gasteiger partial charge < -0.3 is 14.5 Å². The molecule has 134 valence electrons. The maximum atomic E-state index is 11.0. The van der Waals surface area contributed by atoms with E-state index in [2.05, 4.69) is 15.0 Å². The molecule has 0 atom stereocenters.